The van der Waals surface area contributed by atoms with Gasteiger partial charge in [0.15, 0.2) is 11.4 Å². The van der Waals surface area contributed by atoms with Gasteiger partial charge in [0.25, 0.3) is 0 Å². The summed E-state index contributed by atoms with van der Waals surface area (Å²) in [6.07, 6.45) is 8.83. The van der Waals surface area contributed by atoms with Gasteiger partial charge in [-0.2, -0.15) is 9.15 Å². The summed E-state index contributed by atoms with van der Waals surface area (Å²) in [5.74, 6) is -3.07. The van der Waals surface area contributed by atoms with Crippen molar-refractivity contribution in [2.24, 2.45) is 0 Å². The Morgan fingerprint density at radius 3 is 1.35 bits per heavy atom. The molecule has 2 aliphatic heterocycles. The fourth-order valence-electron chi connectivity index (χ4n) is 8.32. The minimum atomic E-state index is -0.814. The number of unbranched alkanes of at least 4 members (excludes halogenated alkanes) is 2. The lowest BCUT2D eigenvalue weighted by molar-refractivity contribution is -0.439. The second-order valence-corrected chi connectivity index (χ2v) is 18.0. The number of hydrogen-bond acceptors (Lipinski definition) is 7. The largest absolute Gasteiger partial charge is 1.00 e. The predicted octanol–water partition coefficient (Wildman–Crippen LogP) is 3.70. The quantitative estimate of drug-likeness (QED) is 0.0544. The molecule has 4 aromatic carbocycles. The topological polar surface area (TPSA) is 179 Å². The molecule has 0 saturated heterocycles. The number of fused-ring (bicyclic) bond motifs is 2. The van der Waals surface area contributed by atoms with Crippen LogP contribution in [0.5, 0.6) is 0 Å². The molecule has 15 heteroatoms. The number of para-hydroxylation sites is 2. The number of aliphatic carboxylic acids is 4. The maximum Gasteiger partial charge on any atom is 0.305 e. The molecule has 69 heavy (non-hydrogen) atoms. The number of rotatable bonds is 21. The third-order valence-electron chi connectivity index (χ3n) is 12.6. The van der Waals surface area contributed by atoms with Gasteiger partial charge in [-0.05, 0) is 88.6 Å². The van der Waals surface area contributed by atoms with E-state index in [1.54, 1.807) is 24.3 Å². The molecule has 2 heterocycles. The first kappa shape index (κ1) is 59.2. The van der Waals surface area contributed by atoms with E-state index in [2.05, 4.69) is 98.4 Å². The van der Waals surface area contributed by atoms with Crippen molar-refractivity contribution in [3.8, 4) is 0 Å². The van der Waals surface area contributed by atoms with E-state index in [0.29, 0.717) is 25.1 Å². The first-order chi connectivity index (χ1) is 31.8. The van der Waals surface area contributed by atoms with Crippen LogP contribution in [0.3, 0.4) is 0 Å². The van der Waals surface area contributed by atoms with Gasteiger partial charge in [0.2, 0.25) is 11.4 Å². The third-order valence-corrected chi connectivity index (χ3v) is 12.6. The van der Waals surface area contributed by atoms with E-state index < -0.39 is 23.9 Å². The predicted molar refractivity (Wildman–Crippen MR) is 266 cm³/mol. The normalized spacial score (nSPS) is 13.6. The lowest BCUT2D eigenvalue weighted by atomic mass is 9.81. The van der Waals surface area contributed by atoms with Crippen LogP contribution in [0.1, 0.15) is 113 Å². The fourth-order valence-corrected chi connectivity index (χ4v) is 8.32. The minimum Gasteiger partial charge on any atom is -1.00 e. The number of aldehydes is 1. The maximum absolute atomic E-state index is 10.9. The first-order valence-electron chi connectivity index (χ1n) is 22.9. The number of hydrogen-bond donors (Lipinski definition) is 4. The van der Waals surface area contributed by atoms with Crippen LogP contribution in [0.4, 0.5) is 22.7 Å². The molecular formula is C54H68Br2N4O9. The summed E-state index contributed by atoms with van der Waals surface area (Å²) in [6.45, 7) is 13.7. The monoisotopic (exact) mass is 1070 g/mol. The van der Waals surface area contributed by atoms with Crippen LogP contribution in [0.25, 0.3) is 6.08 Å². The van der Waals surface area contributed by atoms with Gasteiger partial charge in [0.05, 0.1) is 23.7 Å². The van der Waals surface area contributed by atoms with Gasteiger partial charge in [-0.15, -0.1) is 0 Å². The van der Waals surface area contributed by atoms with Crippen molar-refractivity contribution >= 4 is 70.4 Å². The Morgan fingerprint density at radius 1 is 0.522 bits per heavy atom. The average molecular weight is 1080 g/mol. The van der Waals surface area contributed by atoms with Gasteiger partial charge >= 0.3 is 23.9 Å². The van der Waals surface area contributed by atoms with Crippen LogP contribution < -0.4 is 43.8 Å². The second-order valence-electron chi connectivity index (χ2n) is 18.0. The zero-order valence-electron chi connectivity index (χ0n) is 40.8. The SMILES string of the molecule is CC1=[N+](CCCCC(=O)O)c2ccccc2C1(C)C.CN(CCC(=O)O)c1ccc(/C=C/C2=[N+](CCCCC(=O)O)c3ccccc3C2(C)C)cc1.CN(CCC(=O)O)c1ccc(C=O)cc1.[Br-].[Br-]. The molecule has 13 nitrogen and oxygen atoms in total. The van der Waals surface area contributed by atoms with Crippen molar-refractivity contribution in [3.63, 3.8) is 0 Å². The van der Waals surface area contributed by atoms with Crippen LogP contribution in [0, 0.1) is 0 Å². The minimum absolute atomic E-state index is 0. The molecule has 4 N–H and O–H groups in total. The molecule has 0 amide bonds. The number of carboxylic acids is 4. The van der Waals surface area contributed by atoms with Gasteiger partial charge in [-0.3, -0.25) is 24.0 Å². The molecule has 372 valence electrons. The van der Waals surface area contributed by atoms with Crippen LogP contribution in [-0.4, -0.2) is 111 Å². The van der Waals surface area contributed by atoms with Crippen LogP contribution in [0.2, 0.25) is 0 Å². The number of carbonyl (C=O) groups is 5. The van der Waals surface area contributed by atoms with E-state index in [4.69, 9.17) is 20.4 Å². The second kappa shape index (κ2) is 27.9. The van der Waals surface area contributed by atoms with Gasteiger partial charge in [-0.25, -0.2) is 0 Å². The third kappa shape index (κ3) is 16.9. The average Bonchev–Trinajstić information content (AvgIpc) is 3.64. The summed E-state index contributed by atoms with van der Waals surface area (Å²) in [5.41, 5.74) is 11.1. The molecule has 0 atom stereocenters. The van der Waals surface area contributed by atoms with Crippen molar-refractivity contribution < 1.29 is 87.5 Å². The number of halogens is 2. The zero-order valence-corrected chi connectivity index (χ0v) is 44.0. The summed E-state index contributed by atoms with van der Waals surface area (Å²) in [6, 6.07) is 32.0. The molecule has 6 rings (SSSR count). The highest BCUT2D eigenvalue weighted by atomic mass is 79.9. The number of anilines is 2. The van der Waals surface area contributed by atoms with E-state index in [-0.39, 0.29) is 70.5 Å². The summed E-state index contributed by atoms with van der Waals surface area (Å²) >= 11 is 0. The summed E-state index contributed by atoms with van der Waals surface area (Å²) in [5, 5.41) is 35.0. The van der Waals surface area contributed by atoms with Gasteiger partial charge < -0.3 is 64.2 Å². The number of allylic oxidation sites excluding steroid dienone is 1. The molecular weight excluding hydrogens is 1010 g/mol. The standard InChI is InChI=1S/C27H32N2O4.C16H21NO2.C11H13NO3.2BrH/c1-27(2)22-8-4-5-9-23(22)29(18-7-6-10-25(30)31)24(27)16-13-20-11-14-21(15-12-20)28(3)19-17-26(32)33;1-12-16(2,3)13-8-4-5-9-14(13)17(12)11-7-6-10-15(18)19;1-12(7-6-11(14)15)10-4-2-9(8-13)3-5-10;;/h4-5,8-9,11-16H,6-7,10,17-19H2,1-3H3,(H-,30,31,32,33);4-5,8-9H,6-7,10-11H2,1-3H3;2-5,8H,6-7H2,1H3,(H,14,15);2*1H. The number of benzene rings is 4. The maximum atomic E-state index is 10.9. The van der Waals surface area contributed by atoms with Crippen LogP contribution >= 0.6 is 0 Å². The van der Waals surface area contributed by atoms with E-state index in [1.807, 2.05) is 54.2 Å². The Balaban J connectivity index is 0.000000385. The molecule has 0 aromatic heterocycles. The van der Waals surface area contributed by atoms with Gasteiger partial charge in [0, 0.05) is 106 Å². The molecule has 0 unspecified atom stereocenters. The molecule has 0 radical (unpaired) electrons. The van der Waals surface area contributed by atoms with Crippen molar-refractivity contribution in [1.82, 2.24) is 0 Å². The highest BCUT2D eigenvalue weighted by Gasteiger charge is 2.44. The Morgan fingerprint density at radius 2 is 0.913 bits per heavy atom. The van der Waals surface area contributed by atoms with E-state index in [9.17, 15) is 24.0 Å². The highest BCUT2D eigenvalue weighted by molar-refractivity contribution is 6.05. The Bertz CT molecular complexity index is 2460. The fraction of sp³-hybridized carbons (Fsp3) is 0.389. The molecule has 4 aromatic rings. The van der Waals surface area contributed by atoms with Gasteiger partial charge in [-0.1, -0.05) is 48.5 Å². The molecule has 0 aliphatic carbocycles. The Labute approximate surface area is 428 Å². The molecule has 0 bridgehead atoms. The van der Waals surface area contributed by atoms with Crippen molar-refractivity contribution in [2.75, 3.05) is 50.1 Å². The number of carbonyl (C=O) groups excluding carboxylic acids is 1. The van der Waals surface area contributed by atoms with Crippen LogP contribution in [-0.2, 0) is 30.0 Å². The number of nitrogens with zero attached hydrogens (tertiary/aromatic N) is 4. The van der Waals surface area contributed by atoms with Gasteiger partial charge in [0.1, 0.15) is 19.4 Å². The van der Waals surface area contributed by atoms with E-state index in [0.717, 1.165) is 55.6 Å². The molecule has 0 fully saturated rings. The van der Waals surface area contributed by atoms with E-state index >= 15 is 0 Å². The highest BCUT2D eigenvalue weighted by Crippen LogP contribution is 2.41. The summed E-state index contributed by atoms with van der Waals surface area (Å²) in [7, 11) is 3.71. The smallest absolute Gasteiger partial charge is 0.305 e. The lowest BCUT2D eigenvalue weighted by Crippen LogP contribution is -3.00. The molecule has 0 spiro atoms. The molecule has 0 saturated carbocycles. The van der Waals surface area contributed by atoms with Crippen LogP contribution in [0.15, 0.2) is 103 Å². The van der Waals surface area contributed by atoms with Crippen molar-refractivity contribution in [2.45, 2.75) is 96.8 Å². The Kier molecular flexibility index (Phi) is 23.9. The summed E-state index contributed by atoms with van der Waals surface area (Å²) in [4.78, 5) is 56.8. The van der Waals surface area contributed by atoms with E-state index in [1.165, 1.54) is 33.9 Å². The first-order valence-corrected chi connectivity index (χ1v) is 22.9. The van der Waals surface area contributed by atoms with Crippen molar-refractivity contribution in [1.29, 1.82) is 0 Å². The summed E-state index contributed by atoms with van der Waals surface area (Å²) < 4.78 is 4.67. The Hall–Kier alpha value is -5.93. The number of carboxylic acid groups (broad SMARTS) is 4. The van der Waals surface area contributed by atoms with Crippen molar-refractivity contribution in [3.05, 3.63) is 125 Å². The molecule has 2 aliphatic rings. The zero-order chi connectivity index (χ0) is 49.3. The lowest BCUT2D eigenvalue weighted by Gasteiger charge is -2.18.